The molecule has 118 valence electrons. The van der Waals surface area contributed by atoms with Crippen LogP contribution < -0.4 is 4.74 Å². The smallest absolute Gasteiger partial charge is 0.270 e. The summed E-state index contributed by atoms with van der Waals surface area (Å²) in [5.74, 6) is 0.488. The highest BCUT2D eigenvalue weighted by Crippen LogP contribution is 2.28. The summed E-state index contributed by atoms with van der Waals surface area (Å²) in [5, 5.41) is -0.173. The molecular weight excluding hydrogens is 340 g/mol. The summed E-state index contributed by atoms with van der Waals surface area (Å²) in [7, 11) is -2.47. The molecule has 0 aliphatic carbocycles. The van der Waals surface area contributed by atoms with Crippen molar-refractivity contribution in [2.24, 2.45) is 0 Å². The van der Waals surface area contributed by atoms with Crippen molar-refractivity contribution in [1.29, 1.82) is 0 Å². The Labute approximate surface area is 137 Å². The second-order valence-electron chi connectivity index (χ2n) is 4.69. The Bertz CT molecular complexity index is 994. The lowest BCUT2D eigenvalue weighted by Gasteiger charge is -2.08. The number of nitrogens with zero attached hydrogens (tertiary/aromatic N) is 2. The number of carbonyl (C=O) groups is 1. The molecule has 1 heterocycles. The Morgan fingerprint density at radius 1 is 1.17 bits per heavy atom. The van der Waals surface area contributed by atoms with E-state index in [1.165, 1.54) is 31.4 Å². The minimum atomic E-state index is -3.95. The van der Waals surface area contributed by atoms with Crippen LogP contribution in [0, 0.1) is 0 Å². The number of aldehydes is 1. The summed E-state index contributed by atoms with van der Waals surface area (Å²) in [6.45, 7) is 0. The second-order valence-corrected chi connectivity index (χ2v) is 6.82. The molecule has 0 N–H and O–H groups in total. The molecule has 0 saturated carbocycles. The molecule has 3 rings (SSSR count). The van der Waals surface area contributed by atoms with E-state index in [1.807, 2.05) is 0 Å². The fourth-order valence-corrected chi connectivity index (χ4v) is 3.97. The summed E-state index contributed by atoms with van der Waals surface area (Å²) in [5.41, 5.74) is 1.13. The van der Waals surface area contributed by atoms with Gasteiger partial charge in [0.05, 0.1) is 23.0 Å². The van der Waals surface area contributed by atoms with Crippen LogP contribution >= 0.6 is 11.6 Å². The molecule has 0 aliphatic heterocycles. The van der Waals surface area contributed by atoms with Crippen LogP contribution in [-0.2, 0) is 10.0 Å². The molecule has 2 aromatic carbocycles. The Balaban J connectivity index is 2.24. The number of aromatic nitrogens is 2. The molecule has 0 unspecified atom stereocenters. The third-order valence-corrected chi connectivity index (χ3v) is 5.41. The standard InChI is InChI=1S/C15H11ClN2O4S/c1-22-11-4-7-13-14(8-11)18(15(16)17-13)23(20,21)12-5-2-10(9-19)3-6-12/h2-9H,1H3. The van der Waals surface area contributed by atoms with Crippen molar-refractivity contribution in [3.63, 3.8) is 0 Å². The maximum absolute atomic E-state index is 12.8. The monoisotopic (exact) mass is 350 g/mol. The van der Waals surface area contributed by atoms with E-state index in [-0.39, 0.29) is 10.2 Å². The molecule has 8 heteroatoms. The van der Waals surface area contributed by atoms with Gasteiger partial charge < -0.3 is 4.74 Å². The quantitative estimate of drug-likeness (QED) is 0.676. The van der Waals surface area contributed by atoms with E-state index >= 15 is 0 Å². The summed E-state index contributed by atoms with van der Waals surface area (Å²) in [6, 6.07) is 10.4. The summed E-state index contributed by atoms with van der Waals surface area (Å²) >= 11 is 6.03. The summed E-state index contributed by atoms with van der Waals surface area (Å²) in [6.07, 6.45) is 0.640. The number of ether oxygens (including phenoxy) is 1. The molecule has 0 aliphatic rings. The van der Waals surface area contributed by atoms with Crippen LogP contribution in [0.5, 0.6) is 5.75 Å². The molecular formula is C15H11ClN2O4S. The number of carbonyl (C=O) groups excluding carboxylic acids is 1. The lowest BCUT2D eigenvalue weighted by Crippen LogP contribution is -2.13. The Kier molecular flexibility index (Phi) is 3.83. The lowest BCUT2D eigenvalue weighted by molar-refractivity contribution is 0.112. The van der Waals surface area contributed by atoms with Gasteiger partial charge in [-0.2, -0.15) is 0 Å². The van der Waals surface area contributed by atoms with Crippen LogP contribution in [0.3, 0.4) is 0 Å². The number of halogens is 1. The zero-order chi connectivity index (χ0) is 16.6. The fraction of sp³-hybridized carbons (Fsp3) is 0.0667. The molecule has 0 spiro atoms. The highest BCUT2D eigenvalue weighted by Gasteiger charge is 2.23. The van der Waals surface area contributed by atoms with Gasteiger partial charge >= 0.3 is 0 Å². The lowest BCUT2D eigenvalue weighted by atomic mass is 10.2. The number of rotatable bonds is 4. The van der Waals surface area contributed by atoms with Gasteiger partial charge in [0.15, 0.2) is 0 Å². The van der Waals surface area contributed by atoms with Gasteiger partial charge in [0.25, 0.3) is 10.0 Å². The van der Waals surface area contributed by atoms with Crippen molar-refractivity contribution in [2.75, 3.05) is 7.11 Å². The van der Waals surface area contributed by atoms with Gasteiger partial charge in [-0.15, -0.1) is 0 Å². The average molecular weight is 351 g/mol. The van der Waals surface area contributed by atoms with E-state index in [0.29, 0.717) is 28.6 Å². The normalized spacial score (nSPS) is 11.6. The van der Waals surface area contributed by atoms with Crippen molar-refractivity contribution in [2.45, 2.75) is 4.90 Å². The van der Waals surface area contributed by atoms with E-state index in [2.05, 4.69) is 4.98 Å². The number of hydrogen-bond donors (Lipinski definition) is 0. The Morgan fingerprint density at radius 2 is 1.87 bits per heavy atom. The highest BCUT2D eigenvalue weighted by atomic mass is 35.5. The minimum Gasteiger partial charge on any atom is -0.497 e. The first-order valence-electron chi connectivity index (χ1n) is 6.50. The van der Waals surface area contributed by atoms with Gasteiger partial charge in [0.1, 0.15) is 12.0 Å². The van der Waals surface area contributed by atoms with Gasteiger partial charge in [-0.1, -0.05) is 12.1 Å². The van der Waals surface area contributed by atoms with Crippen LogP contribution in [0.2, 0.25) is 5.28 Å². The predicted octanol–water partition coefficient (Wildman–Crippen LogP) is 2.75. The third kappa shape index (κ3) is 2.58. The molecule has 1 aromatic heterocycles. The first-order valence-corrected chi connectivity index (χ1v) is 8.32. The van der Waals surface area contributed by atoms with Crippen molar-refractivity contribution in [3.8, 4) is 5.75 Å². The Morgan fingerprint density at radius 3 is 2.48 bits per heavy atom. The molecule has 0 amide bonds. The van der Waals surface area contributed by atoms with Crippen LogP contribution in [-0.4, -0.2) is 30.8 Å². The molecule has 0 saturated heterocycles. The van der Waals surface area contributed by atoms with Crippen molar-refractivity contribution < 1.29 is 17.9 Å². The van der Waals surface area contributed by atoms with Crippen LogP contribution in [0.15, 0.2) is 47.4 Å². The molecule has 0 fully saturated rings. The van der Waals surface area contributed by atoms with Gasteiger partial charge in [-0.3, -0.25) is 4.79 Å². The van der Waals surface area contributed by atoms with Gasteiger partial charge in [-0.25, -0.2) is 17.4 Å². The largest absolute Gasteiger partial charge is 0.497 e. The zero-order valence-corrected chi connectivity index (χ0v) is 13.5. The summed E-state index contributed by atoms with van der Waals surface area (Å²) < 4.78 is 31.7. The number of hydrogen-bond acceptors (Lipinski definition) is 5. The number of methoxy groups -OCH3 is 1. The van der Waals surface area contributed by atoms with Gasteiger partial charge in [0.2, 0.25) is 5.28 Å². The maximum atomic E-state index is 12.8. The van der Waals surface area contributed by atoms with Crippen LogP contribution in [0.4, 0.5) is 0 Å². The summed E-state index contributed by atoms with van der Waals surface area (Å²) in [4.78, 5) is 14.8. The number of imidazole rings is 1. The maximum Gasteiger partial charge on any atom is 0.270 e. The minimum absolute atomic E-state index is 0.00659. The van der Waals surface area contributed by atoms with Gasteiger partial charge in [-0.05, 0) is 35.9 Å². The zero-order valence-electron chi connectivity index (χ0n) is 11.9. The number of benzene rings is 2. The van der Waals surface area contributed by atoms with E-state index < -0.39 is 10.0 Å². The van der Waals surface area contributed by atoms with Crippen LogP contribution in [0.25, 0.3) is 11.0 Å². The van der Waals surface area contributed by atoms with E-state index in [1.54, 1.807) is 18.2 Å². The fourth-order valence-electron chi connectivity index (χ4n) is 2.18. The van der Waals surface area contributed by atoms with Gasteiger partial charge in [0, 0.05) is 11.6 Å². The van der Waals surface area contributed by atoms with Crippen LogP contribution in [0.1, 0.15) is 10.4 Å². The molecule has 3 aromatic rings. The number of fused-ring (bicyclic) bond motifs is 1. The first kappa shape index (κ1) is 15.5. The molecule has 6 nitrogen and oxygen atoms in total. The molecule has 23 heavy (non-hydrogen) atoms. The molecule has 0 radical (unpaired) electrons. The average Bonchev–Trinajstić information content (AvgIpc) is 2.90. The van der Waals surface area contributed by atoms with Crippen molar-refractivity contribution in [1.82, 2.24) is 8.96 Å². The van der Waals surface area contributed by atoms with E-state index in [4.69, 9.17) is 16.3 Å². The van der Waals surface area contributed by atoms with E-state index in [0.717, 1.165) is 3.97 Å². The Hall–Kier alpha value is -2.38. The predicted molar refractivity (Wildman–Crippen MR) is 85.7 cm³/mol. The highest BCUT2D eigenvalue weighted by molar-refractivity contribution is 7.90. The SMILES string of the molecule is COc1ccc2nc(Cl)n(S(=O)(=O)c3ccc(C=O)cc3)c2c1. The van der Waals surface area contributed by atoms with Crippen molar-refractivity contribution in [3.05, 3.63) is 53.3 Å². The van der Waals surface area contributed by atoms with Crippen molar-refractivity contribution >= 4 is 38.9 Å². The molecule has 0 bridgehead atoms. The molecule has 0 atom stereocenters. The topological polar surface area (TPSA) is 78.3 Å². The first-order chi connectivity index (χ1) is 11.0. The third-order valence-electron chi connectivity index (χ3n) is 3.34. The second kappa shape index (κ2) is 5.68. The van der Waals surface area contributed by atoms with E-state index in [9.17, 15) is 13.2 Å².